The van der Waals surface area contributed by atoms with Crippen molar-refractivity contribution >= 4 is 17.2 Å². The minimum atomic E-state index is -0.00592. The van der Waals surface area contributed by atoms with E-state index in [4.69, 9.17) is 0 Å². The Morgan fingerprint density at radius 2 is 2.21 bits per heavy atom. The zero-order chi connectivity index (χ0) is 13.6. The monoisotopic (exact) mass is 278 g/mol. The van der Waals surface area contributed by atoms with Crippen LogP contribution in [0.25, 0.3) is 0 Å². The molecule has 3 unspecified atom stereocenters. The smallest absolute Gasteiger partial charge is 0.241 e. The Morgan fingerprint density at radius 3 is 2.74 bits per heavy atom. The van der Waals surface area contributed by atoms with Crippen molar-refractivity contribution in [3.8, 4) is 0 Å². The number of nitrogens with one attached hydrogen (secondary N) is 1. The van der Waals surface area contributed by atoms with Crippen molar-refractivity contribution in [1.82, 2.24) is 10.2 Å². The molecule has 1 aromatic rings. The van der Waals surface area contributed by atoms with Gasteiger partial charge in [-0.2, -0.15) is 0 Å². The highest BCUT2D eigenvalue weighted by Gasteiger charge is 2.45. The molecule has 0 bridgehead atoms. The highest BCUT2D eigenvalue weighted by atomic mass is 32.1. The summed E-state index contributed by atoms with van der Waals surface area (Å²) in [6, 6.07) is 4.67. The van der Waals surface area contributed by atoms with Gasteiger partial charge in [0.1, 0.15) is 6.17 Å². The number of rotatable bonds is 4. The van der Waals surface area contributed by atoms with Crippen LogP contribution in [0.15, 0.2) is 12.1 Å². The van der Waals surface area contributed by atoms with E-state index in [0.717, 1.165) is 6.42 Å². The van der Waals surface area contributed by atoms with Gasteiger partial charge < -0.3 is 4.90 Å². The molecule has 1 aliphatic heterocycles. The van der Waals surface area contributed by atoms with Crippen molar-refractivity contribution in [3.63, 3.8) is 0 Å². The van der Waals surface area contributed by atoms with E-state index in [1.807, 2.05) is 0 Å². The Kier molecular flexibility index (Phi) is 3.39. The second-order valence-electron chi connectivity index (χ2n) is 5.80. The molecule has 19 heavy (non-hydrogen) atoms. The molecule has 3 atom stereocenters. The van der Waals surface area contributed by atoms with Crippen LogP contribution in [0.4, 0.5) is 0 Å². The van der Waals surface area contributed by atoms with E-state index in [9.17, 15) is 4.79 Å². The molecule has 1 N–H and O–H groups in total. The summed E-state index contributed by atoms with van der Waals surface area (Å²) in [4.78, 5) is 17.3. The lowest BCUT2D eigenvalue weighted by molar-refractivity contribution is -0.132. The molecule has 2 aliphatic rings. The molecule has 2 fully saturated rings. The van der Waals surface area contributed by atoms with E-state index in [1.165, 1.54) is 22.6 Å². The zero-order valence-electron chi connectivity index (χ0n) is 11.8. The van der Waals surface area contributed by atoms with Gasteiger partial charge in [0.15, 0.2) is 0 Å². The van der Waals surface area contributed by atoms with Crippen molar-refractivity contribution in [2.75, 3.05) is 0 Å². The molecule has 0 spiro atoms. The normalized spacial score (nSPS) is 29.0. The second kappa shape index (κ2) is 4.91. The Morgan fingerprint density at radius 1 is 1.47 bits per heavy atom. The fourth-order valence-electron chi connectivity index (χ4n) is 3.00. The Balaban J connectivity index is 1.89. The van der Waals surface area contributed by atoms with Crippen LogP contribution in [-0.2, 0) is 4.79 Å². The van der Waals surface area contributed by atoms with Crippen LogP contribution >= 0.6 is 11.3 Å². The fourth-order valence-corrected chi connectivity index (χ4v) is 3.94. The van der Waals surface area contributed by atoms with E-state index < -0.39 is 0 Å². The average Bonchev–Trinajstić information content (AvgIpc) is 3.07. The van der Waals surface area contributed by atoms with Gasteiger partial charge in [-0.3, -0.25) is 10.1 Å². The summed E-state index contributed by atoms with van der Waals surface area (Å²) in [7, 11) is 0. The lowest BCUT2D eigenvalue weighted by Gasteiger charge is -2.30. The van der Waals surface area contributed by atoms with Gasteiger partial charge in [0.25, 0.3) is 0 Å². The van der Waals surface area contributed by atoms with Crippen LogP contribution in [0.5, 0.6) is 0 Å². The van der Waals surface area contributed by atoms with Gasteiger partial charge in [-0.05, 0) is 51.2 Å². The Hall–Kier alpha value is -0.870. The summed E-state index contributed by atoms with van der Waals surface area (Å²) in [6.45, 7) is 6.41. The average molecular weight is 278 g/mol. The molecule has 104 valence electrons. The van der Waals surface area contributed by atoms with Crippen molar-refractivity contribution in [1.29, 1.82) is 0 Å². The van der Waals surface area contributed by atoms with Crippen molar-refractivity contribution in [2.45, 2.75) is 58.3 Å². The number of carbonyl (C=O) groups is 1. The van der Waals surface area contributed by atoms with Gasteiger partial charge in [0, 0.05) is 15.8 Å². The lowest BCUT2D eigenvalue weighted by Crippen LogP contribution is -2.39. The van der Waals surface area contributed by atoms with Crippen LogP contribution in [0, 0.1) is 12.8 Å². The number of aryl methyl sites for hydroxylation is 1. The summed E-state index contributed by atoms with van der Waals surface area (Å²) in [5.41, 5.74) is 0. The maximum absolute atomic E-state index is 12.6. The van der Waals surface area contributed by atoms with Gasteiger partial charge in [-0.15, -0.1) is 11.3 Å². The summed E-state index contributed by atoms with van der Waals surface area (Å²) in [5, 5.41) is 3.52. The standard InChI is InChI=1S/C15H22N2OS/c1-4-12-15(18)17(10(3)11-6-7-11)14(16-12)13-8-5-9(2)19-13/h5,8,10-12,14,16H,4,6-7H2,1-3H3. The molecule has 1 aromatic heterocycles. The first-order valence-electron chi connectivity index (χ1n) is 7.26. The number of thiophene rings is 1. The molecule has 2 heterocycles. The number of carbonyl (C=O) groups excluding carboxylic acids is 1. The van der Waals surface area contributed by atoms with Crippen molar-refractivity contribution in [2.24, 2.45) is 5.92 Å². The summed E-state index contributed by atoms with van der Waals surface area (Å²) < 4.78 is 0. The molecule has 4 heteroatoms. The van der Waals surface area contributed by atoms with Crippen LogP contribution in [0.1, 0.15) is 49.0 Å². The first-order valence-corrected chi connectivity index (χ1v) is 8.08. The number of hydrogen-bond acceptors (Lipinski definition) is 3. The minimum Gasteiger partial charge on any atom is -0.318 e. The molecule has 0 aromatic carbocycles. The lowest BCUT2D eigenvalue weighted by atomic mass is 10.1. The topological polar surface area (TPSA) is 32.3 Å². The first kappa shape index (κ1) is 13.1. The SMILES string of the molecule is CCC1NC(c2ccc(C)s2)N(C(C)C2CC2)C1=O. The molecular formula is C15H22N2OS. The first-order chi connectivity index (χ1) is 9.11. The third-order valence-corrected chi connectivity index (χ3v) is 5.42. The fraction of sp³-hybridized carbons (Fsp3) is 0.667. The number of amides is 1. The summed E-state index contributed by atoms with van der Waals surface area (Å²) in [6.07, 6.45) is 3.51. The molecule has 1 amide bonds. The third-order valence-electron chi connectivity index (χ3n) is 4.37. The number of hydrogen-bond donors (Lipinski definition) is 1. The van der Waals surface area contributed by atoms with Gasteiger partial charge in [0.2, 0.25) is 5.91 Å². The largest absolute Gasteiger partial charge is 0.318 e. The van der Waals surface area contributed by atoms with Crippen LogP contribution in [0.2, 0.25) is 0 Å². The highest BCUT2D eigenvalue weighted by Crippen LogP contribution is 2.41. The van der Waals surface area contributed by atoms with Crippen LogP contribution in [0.3, 0.4) is 0 Å². The van der Waals surface area contributed by atoms with Gasteiger partial charge in [-0.1, -0.05) is 6.92 Å². The number of nitrogens with zero attached hydrogens (tertiary/aromatic N) is 1. The molecular weight excluding hydrogens is 256 g/mol. The molecule has 1 aliphatic carbocycles. The van der Waals surface area contributed by atoms with Gasteiger partial charge >= 0.3 is 0 Å². The summed E-state index contributed by atoms with van der Waals surface area (Å²) in [5.74, 6) is 1.00. The highest BCUT2D eigenvalue weighted by molar-refractivity contribution is 7.12. The Bertz CT molecular complexity index is 480. The van der Waals surface area contributed by atoms with E-state index in [1.54, 1.807) is 11.3 Å². The molecule has 1 saturated heterocycles. The maximum Gasteiger partial charge on any atom is 0.241 e. The van der Waals surface area contributed by atoms with Crippen molar-refractivity contribution < 1.29 is 4.79 Å². The third kappa shape index (κ3) is 2.32. The molecule has 1 saturated carbocycles. The zero-order valence-corrected chi connectivity index (χ0v) is 12.7. The van der Waals surface area contributed by atoms with E-state index >= 15 is 0 Å². The van der Waals surface area contributed by atoms with Gasteiger partial charge in [0.05, 0.1) is 6.04 Å². The predicted molar refractivity (Wildman–Crippen MR) is 78.0 cm³/mol. The van der Waals surface area contributed by atoms with Crippen molar-refractivity contribution in [3.05, 3.63) is 21.9 Å². The predicted octanol–water partition coefficient (Wildman–Crippen LogP) is 3.06. The van der Waals surface area contributed by atoms with E-state index in [0.29, 0.717) is 12.0 Å². The van der Waals surface area contributed by atoms with E-state index in [2.05, 4.69) is 43.1 Å². The van der Waals surface area contributed by atoms with Crippen LogP contribution < -0.4 is 5.32 Å². The molecule has 0 radical (unpaired) electrons. The quantitative estimate of drug-likeness (QED) is 0.918. The second-order valence-corrected chi connectivity index (χ2v) is 7.12. The molecule has 3 nitrogen and oxygen atoms in total. The Labute approximate surface area is 119 Å². The van der Waals surface area contributed by atoms with Gasteiger partial charge in [-0.25, -0.2) is 0 Å². The van der Waals surface area contributed by atoms with E-state index in [-0.39, 0.29) is 18.1 Å². The molecule has 3 rings (SSSR count). The minimum absolute atomic E-state index is 0.00592. The van der Waals surface area contributed by atoms with Crippen LogP contribution in [-0.4, -0.2) is 22.9 Å². The maximum atomic E-state index is 12.6. The summed E-state index contributed by atoms with van der Waals surface area (Å²) >= 11 is 1.80.